The fraction of sp³-hybridized carbons (Fsp3) is 0.579. The lowest BCUT2D eigenvalue weighted by Crippen LogP contribution is -2.50. The molecule has 1 amide bonds. The molecule has 8 heteroatoms. The van der Waals surface area contributed by atoms with E-state index in [1.807, 2.05) is 37.3 Å². The summed E-state index contributed by atoms with van der Waals surface area (Å²) in [6, 6.07) is 10.2. The number of piperidine rings is 1. The van der Waals surface area contributed by atoms with Crippen LogP contribution in [0.3, 0.4) is 0 Å². The molecule has 27 heavy (non-hydrogen) atoms. The molecule has 1 atom stereocenters. The first-order valence-electron chi connectivity index (χ1n) is 9.22. The van der Waals surface area contributed by atoms with Crippen LogP contribution in [0.4, 0.5) is 4.79 Å². The van der Waals surface area contributed by atoms with E-state index in [1.54, 1.807) is 4.90 Å². The van der Waals surface area contributed by atoms with E-state index in [0.29, 0.717) is 32.0 Å². The Balaban J connectivity index is 0.00000364. The maximum absolute atomic E-state index is 11.5. The maximum Gasteiger partial charge on any atom is 0.409 e. The van der Waals surface area contributed by atoms with E-state index >= 15 is 0 Å². The van der Waals surface area contributed by atoms with E-state index in [2.05, 4.69) is 15.6 Å². The highest BCUT2D eigenvalue weighted by Gasteiger charge is 2.23. The quantitative estimate of drug-likeness (QED) is 0.323. The van der Waals surface area contributed by atoms with Gasteiger partial charge in [0.1, 0.15) is 0 Å². The van der Waals surface area contributed by atoms with Crippen LogP contribution in [-0.4, -0.2) is 67.5 Å². The van der Waals surface area contributed by atoms with E-state index < -0.39 is 6.10 Å². The molecule has 1 fully saturated rings. The molecule has 0 radical (unpaired) electrons. The molecule has 152 valence electrons. The topological polar surface area (TPSA) is 86.2 Å². The molecular formula is C19H31IN4O3. The van der Waals surface area contributed by atoms with E-state index in [1.165, 1.54) is 7.11 Å². The van der Waals surface area contributed by atoms with Crippen LogP contribution in [0.25, 0.3) is 0 Å². The van der Waals surface area contributed by atoms with Crippen LogP contribution in [0.5, 0.6) is 0 Å². The second kappa shape index (κ2) is 12.8. The number of nitrogens with zero attached hydrogens (tertiary/aromatic N) is 2. The summed E-state index contributed by atoms with van der Waals surface area (Å²) in [5, 5.41) is 16.8. The van der Waals surface area contributed by atoms with Crippen molar-refractivity contribution in [1.82, 2.24) is 15.5 Å². The fourth-order valence-corrected chi connectivity index (χ4v) is 3.00. The van der Waals surface area contributed by atoms with Gasteiger partial charge < -0.3 is 25.4 Å². The van der Waals surface area contributed by atoms with Gasteiger partial charge in [-0.3, -0.25) is 4.99 Å². The van der Waals surface area contributed by atoms with E-state index in [9.17, 15) is 9.90 Å². The largest absolute Gasteiger partial charge is 0.453 e. The van der Waals surface area contributed by atoms with Gasteiger partial charge in [-0.05, 0) is 25.3 Å². The Morgan fingerprint density at radius 1 is 1.33 bits per heavy atom. The number of carbonyl (C=O) groups excluding carboxylic acids is 1. The van der Waals surface area contributed by atoms with Crippen LogP contribution in [0.2, 0.25) is 0 Å². The molecule has 1 heterocycles. The predicted molar refractivity (Wildman–Crippen MR) is 118 cm³/mol. The molecule has 0 bridgehead atoms. The lowest BCUT2D eigenvalue weighted by atomic mass is 10.1. The van der Waals surface area contributed by atoms with Gasteiger partial charge in [0, 0.05) is 32.1 Å². The molecule has 0 aliphatic carbocycles. The predicted octanol–water partition coefficient (Wildman–Crippen LogP) is 1.99. The van der Waals surface area contributed by atoms with Gasteiger partial charge in [-0.2, -0.15) is 0 Å². The van der Waals surface area contributed by atoms with Gasteiger partial charge in [0.2, 0.25) is 0 Å². The van der Waals surface area contributed by atoms with E-state index in [4.69, 9.17) is 4.74 Å². The summed E-state index contributed by atoms with van der Waals surface area (Å²) in [5.74, 6) is 0.705. The molecule has 1 aliphatic heterocycles. The summed E-state index contributed by atoms with van der Waals surface area (Å²) >= 11 is 0. The summed E-state index contributed by atoms with van der Waals surface area (Å²) in [5.41, 5.74) is 1.10. The number of ether oxygens (including phenoxy) is 1. The summed E-state index contributed by atoms with van der Waals surface area (Å²) in [4.78, 5) is 17.8. The number of aliphatic hydroxyl groups excluding tert-OH is 1. The molecule has 0 saturated carbocycles. The number of benzene rings is 1. The minimum atomic E-state index is -0.519. The number of hydrogen-bond acceptors (Lipinski definition) is 4. The molecular weight excluding hydrogens is 459 g/mol. The SMILES string of the molecule is CCNC(=NCC(O)Cc1ccccc1)NC1CCN(C(=O)OC)CC1.I. The number of rotatable bonds is 6. The molecule has 1 saturated heterocycles. The summed E-state index contributed by atoms with van der Waals surface area (Å²) < 4.78 is 4.76. The minimum absolute atomic E-state index is 0. The highest BCUT2D eigenvalue weighted by atomic mass is 127. The standard InChI is InChI=1S/C19H30N4O3.HI/c1-3-20-18(21-14-17(24)13-15-7-5-4-6-8-15)22-16-9-11-23(12-10-16)19(25)26-2;/h4-8,16-17,24H,3,9-14H2,1-2H3,(H2,20,21,22);1H. The van der Waals surface area contributed by atoms with Gasteiger partial charge in [0.05, 0.1) is 19.8 Å². The van der Waals surface area contributed by atoms with Crippen molar-refractivity contribution in [3.8, 4) is 0 Å². The second-order valence-electron chi connectivity index (χ2n) is 6.44. The van der Waals surface area contributed by atoms with E-state index in [-0.39, 0.29) is 36.1 Å². The Labute approximate surface area is 178 Å². The summed E-state index contributed by atoms with van der Waals surface area (Å²) in [6.07, 6.45) is 1.47. The van der Waals surface area contributed by atoms with Gasteiger partial charge in [0.25, 0.3) is 0 Å². The number of guanidine groups is 1. The molecule has 2 rings (SSSR count). The highest BCUT2D eigenvalue weighted by Crippen LogP contribution is 2.11. The Kier molecular flexibility index (Phi) is 11.1. The third kappa shape index (κ3) is 8.34. The molecule has 0 aromatic heterocycles. The number of aliphatic imine (C=N–C) groups is 1. The summed E-state index contributed by atoms with van der Waals surface area (Å²) in [7, 11) is 1.41. The number of aliphatic hydroxyl groups is 1. The molecule has 1 aliphatic rings. The number of hydrogen-bond donors (Lipinski definition) is 3. The first-order valence-corrected chi connectivity index (χ1v) is 9.22. The van der Waals surface area contributed by atoms with Crippen molar-refractivity contribution in [2.45, 2.75) is 38.3 Å². The van der Waals surface area contributed by atoms with Crippen LogP contribution < -0.4 is 10.6 Å². The van der Waals surface area contributed by atoms with E-state index in [0.717, 1.165) is 24.9 Å². The van der Waals surface area contributed by atoms with Crippen molar-refractivity contribution >= 4 is 36.0 Å². The van der Waals surface area contributed by atoms with Crippen LogP contribution in [0.1, 0.15) is 25.3 Å². The first kappa shape index (κ1) is 23.5. The Morgan fingerprint density at radius 2 is 2.00 bits per heavy atom. The Morgan fingerprint density at radius 3 is 2.59 bits per heavy atom. The van der Waals surface area contributed by atoms with Gasteiger partial charge in [0.15, 0.2) is 5.96 Å². The number of methoxy groups -OCH3 is 1. The molecule has 3 N–H and O–H groups in total. The average molecular weight is 490 g/mol. The minimum Gasteiger partial charge on any atom is -0.453 e. The van der Waals surface area contributed by atoms with Gasteiger partial charge in [-0.25, -0.2) is 4.79 Å². The van der Waals surface area contributed by atoms with Gasteiger partial charge >= 0.3 is 6.09 Å². The molecule has 7 nitrogen and oxygen atoms in total. The normalized spacial score (nSPS) is 16.3. The number of halogens is 1. The van der Waals surface area contributed by atoms with Crippen molar-refractivity contribution in [1.29, 1.82) is 0 Å². The average Bonchev–Trinajstić information content (AvgIpc) is 2.67. The van der Waals surface area contributed by atoms with Crippen molar-refractivity contribution < 1.29 is 14.6 Å². The van der Waals surface area contributed by atoms with Crippen LogP contribution in [-0.2, 0) is 11.2 Å². The number of amides is 1. The van der Waals surface area contributed by atoms with Crippen molar-refractivity contribution in [3.05, 3.63) is 35.9 Å². The third-order valence-electron chi connectivity index (χ3n) is 4.39. The number of likely N-dealkylation sites (tertiary alicyclic amines) is 1. The molecule has 0 spiro atoms. The Hall–Kier alpha value is -1.55. The lowest BCUT2D eigenvalue weighted by molar-refractivity contribution is 0.111. The zero-order chi connectivity index (χ0) is 18.8. The van der Waals surface area contributed by atoms with Crippen LogP contribution in [0, 0.1) is 0 Å². The highest BCUT2D eigenvalue weighted by molar-refractivity contribution is 14.0. The van der Waals surface area contributed by atoms with Gasteiger partial charge in [-0.15, -0.1) is 24.0 Å². The zero-order valence-electron chi connectivity index (χ0n) is 16.1. The number of carbonyl (C=O) groups is 1. The van der Waals surface area contributed by atoms with Crippen LogP contribution in [0.15, 0.2) is 35.3 Å². The van der Waals surface area contributed by atoms with Crippen molar-refractivity contribution in [2.75, 3.05) is 33.3 Å². The Bertz CT molecular complexity index is 578. The number of nitrogens with one attached hydrogen (secondary N) is 2. The fourth-order valence-electron chi connectivity index (χ4n) is 3.00. The zero-order valence-corrected chi connectivity index (χ0v) is 18.4. The van der Waals surface area contributed by atoms with Gasteiger partial charge in [-0.1, -0.05) is 30.3 Å². The first-order chi connectivity index (χ1) is 12.6. The maximum atomic E-state index is 11.5. The third-order valence-corrected chi connectivity index (χ3v) is 4.39. The van der Waals surface area contributed by atoms with Crippen molar-refractivity contribution in [3.63, 3.8) is 0 Å². The smallest absolute Gasteiger partial charge is 0.409 e. The molecule has 1 unspecified atom stereocenters. The monoisotopic (exact) mass is 490 g/mol. The molecule has 1 aromatic rings. The van der Waals surface area contributed by atoms with Crippen molar-refractivity contribution in [2.24, 2.45) is 4.99 Å². The summed E-state index contributed by atoms with van der Waals surface area (Å²) in [6.45, 7) is 4.44. The second-order valence-corrected chi connectivity index (χ2v) is 6.44. The lowest BCUT2D eigenvalue weighted by Gasteiger charge is -2.32. The molecule has 1 aromatic carbocycles. The van der Waals surface area contributed by atoms with Crippen LogP contribution >= 0.6 is 24.0 Å².